The molecule has 0 amide bonds. The average Bonchev–Trinajstić information content (AvgIpc) is 2.77. The fourth-order valence-corrected chi connectivity index (χ4v) is 3.00. The van der Waals surface area contributed by atoms with Gasteiger partial charge in [-0.15, -0.1) is 6.58 Å². The van der Waals surface area contributed by atoms with Crippen LogP contribution in [0.4, 0.5) is 0 Å². The Morgan fingerprint density at radius 2 is 1.55 bits per heavy atom. The molecule has 0 spiro atoms. The van der Waals surface area contributed by atoms with Crippen LogP contribution >= 0.6 is 0 Å². The number of hydrogen-bond donors (Lipinski definition) is 0. The van der Waals surface area contributed by atoms with E-state index >= 15 is 0 Å². The molecule has 4 nitrogen and oxygen atoms in total. The van der Waals surface area contributed by atoms with Crippen molar-refractivity contribution >= 4 is 0 Å². The summed E-state index contributed by atoms with van der Waals surface area (Å²) in [5.74, 6) is 3.07. The molecule has 1 atom stereocenters. The maximum Gasteiger partial charge on any atom is 0.159 e. The Morgan fingerprint density at radius 1 is 0.897 bits per heavy atom. The van der Waals surface area contributed by atoms with Crippen molar-refractivity contribution in [3.63, 3.8) is 0 Å². The number of hydrogen-bond acceptors (Lipinski definition) is 4. The van der Waals surface area contributed by atoms with E-state index in [-0.39, 0.29) is 0 Å². The molecule has 0 saturated carbocycles. The van der Waals surface area contributed by atoms with E-state index in [1.54, 1.807) is 12.4 Å². The summed E-state index contributed by atoms with van der Waals surface area (Å²) in [7, 11) is 0. The first-order chi connectivity index (χ1) is 14.2. The summed E-state index contributed by atoms with van der Waals surface area (Å²) >= 11 is 0. The zero-order valence-corrected chi connectivity index (χ0v) is 18.1. The van der Waals surface area contributed by atoms with Gasteiger partial charge in [0.05, 0.1) is 25.6 Å². The Hall–Kier alpha value is -2.36. The predicted octanol–water partition coefficient (Wildman–Crippen LogP) is 6.86. The van der Waals surface area contributed by atoms with Gasteiger partial charge in [0.25, 0.3) is 0 Å². The van der Waals surface area contributed by atoms with Gasteiger partial charge in [-0.3, -0.25) is 0 Å². The second kappa shape index (κ2) is 13.8. The Balaban J connectivity index is 1.71. The van der Waals surface area contributed by atoms with Crippen molar-refractivity contribution in [1.29, 1.82) is 0 Å². The Kier molecular flexibility index (Phi) is 10.9. The molecule has 0 bridgehead atoms. The van der Waals surface area contributed by atoms with Crippen LogP contribution in [0.5, 0.6) is 11.5 Å². The molecule has 2 aromatic rings. The minimum atomic E-state index is 0.700. The second-order valence-corrected chi connectivity index (χ2v) is 7.61. The molecule has 0 radical (unpaired) electrons. The fourth-order valence-electron chi connectivity index (χ4n) is 3.00. The second-order valence-electron chi connectivity index (χ2n) is 7.61. The Morgan fingerprint density at radius 3 is 2.24 bits per heavy atom. The molecule has 1 aromatic heterocycles. The summed E-state index contributed by atoms with van der Waals surface area (Å²) in [4.78, 5) is 8.87. The van der Waals surface area contributed by atoms with E-state index in [4.69, 9.17) is 9.47 Å². The number of unbranched alkanes of at least 4 members (excludes halogenated alkanes) is 4. The molecule has 158 valence electrons. The minimum Gasteiger partial charge on any atom is -0.494 e. The first-order valence-corrected chi connectivity index (χ1v) is 11.0. The van der Waals surface area contributed by atoms with E-state index in [9.17, 15) is 0 Å². The molecule has 0 aliphatic carbocycles. The summed E-state index contributed by atoms with van der Waals surface area (Å²) in [5, 5.41) is 0. The number of nitrogens with zero attached hydrogens (tertiary/aromatic N) is 2. The molecule has 0 N–H and O–H groups in total. The highest BCUT2D eigenvalue weighted by atomic mass is 16.5. The van der Waals surface area contributed by atoms with Crippen molar-refractivity contribution < 1.29 is 9.47 Å². The number of rotatable bonds is 15. The van der Waals surface area contributed by atoms with Crippen LogP contribution in [0, 0.1) is 5.92 Å². The Labute approximate surface area is 176 Å². The van der Waals surface area contributed by atoms with Crippen molar-refractivity contribution in [2.24, 2.45) is 5.92 Å². The van der Waals surface area contributed by atoms with E-state index in [0.29, 0.717) is 12.4 Å². The van der Waals surface area contributed by atoms with Crippen LogP contribution in [0.1, 0.15) is 65.2 Å². The standard InChI is InChI=1S/C25H36N2O2/c1-4-6-7-8-9-10-17-28-23-15-13-22(14-16-23)25-26-19-24(20-27-25)29-18-11-12-21(3)5-2/h4,13-16,19-21H,1,5-12,17-18H2,2-3H3. The summed E-state index contributed by atoms with van der Waals surface area (Å²) in [5.41, 5.74) is 0.977. The predicted molar refractivity (Wildman–Crippen MR) is 120 cm³/mol. The van der Waals surface area contributed by atoms with Gasteiger partial charge >= 0.3 is 0 Å². The third-order valence-corrected chi connectivity index (χ3v) is 5.12. The number of aromatic nitrogens is 2. The summed E-state index contributed by atoms with van der Waals surface area (Å²) in [6, 6.07) is 7.97. The van der Waals surface area contributed by atoms with Crippen molar-refractivity contribution in [3.05, 3.63) is 49.3 Å². The van der Waals surface area contributed by atoms with Gasteiger partial charge in [0.1, 0.15) is 5.75 Å². The monoisotopic (exact) mass is 396 g/mol. The van der Waals surface area contributed by atoms with E-state index in [2.05, 4.69) is 30.4 Å². The Bertz CT molecular complexity index is 683. The fraction of sp³-hybridized carbons (Fsp3) is 0.520. The van der Waals surface area contributed by atoms with Gasteiger partial charge in [-0.25, -0.2) is 9.97 Å². The molecule has 0 fully saturated rings. The molecule has 1 heterocycles. The van der Waals surface area contributed by atoms with Gasteiger partial charge in [-0.1, -0.05) is 39.2 Å². The molecule has 29 heavy (non-hydrogen) atoms. The first kappa shape index (κ1) is 22.9. The lowest BCUT2D eigenvalue weighted by Gasteiger charge is -2.09. The summed E-state index contributed by atoms with van der Waals surface area (Å²) in [6.45, 7) is 9.73. The quantitative estimate of drug-likeness (QED) is 0.243. The molecule has 0 aliphatic rings. The molecule has 0 aliphatic heterocycles. The highest BCUT2D eigenvalue weighted by Crippen LogP contribution is 2.21. The van der Waals surface area contributed by atoms with Crippen LogP contribution in [-0.2, 0) is 0 Å². The minimum absolute atomic E-state index is 0.700. The molecular weight excluding hydrogens is 360 g/mol. The number of benzene rings is 1. The third-order valence-electron chi connectivity index (χ3n) is 5.12. The molecular formula is C25H36N2O2. The van der Waals surface area contributed by atoms with E-state index in [0.717, 1.165) is 48.8 Å². The number of allylic oxidation sites excluding steroid dienone is 1. The maximum atomic E-state index is 5.82. The van der Waals surface area contributed by atoms with E-state index < -0.39 is 0 Å². The zero-order valence-electron chi connectivity index (χ0n) is 18.1. The molecule has 1 aromatic carbocycles. The summed E-state index contributed by atoms with van der Waals surface area (Å²) < 4.78 is 11.6. The van der Waals surface area contributed by atoms with Gasteiger partial charge in [0, 0.05) is 5.56 Å². The smallest absolute Gasteiger partial charge is 0.159 e. The topological polar surface area (TPSA) is 44.2 Å². The molecule has 4 heteroatoms. The van der Waals surface area contributed by atoms with Crippen LogP contribution in [0.2, 0.25) is 0 Å². The highest BCUT2D eigenvalue weighted by Gasteiger charge is 2.04. The van der Waals surface area contributed by atoms with Crippen LogP contribution < -0.4 is 9.47 Å². The largest absolute Gasteiger partial charge is 0.494 e. The van der Waals surface area contributed by atoms with Crippen molar-refractivity contribution in [2.75, 3.05) is 13.2 Å². The molecule has 0 saturated heterocycles. The SMILES string of the molecule is C=CCCCCCCOc1ccc(-c2ncc(OCCCC(C)CC)cn2)cc1. The first-order valence-electron chi connectivity index (χ1n) is 11.0. The normalized spacial score (nSPS) is 11.8. The molecule has 2 rings (SSSR count). The van der Waals surface area contributed by atoms with Crippen LogP contribution in [0.15, 0.2) is 49.3 Å². The lowest BCUT2D eigenvalue weighted by Crippen LogP contribution is -2.02. The lowest BCUT2D eigenvalue weighted by molar-refractivity contribution is 0.292. The van der Waals surface area contributed by atoms with E-state index in [1.807, 2.05) is 30.3 Å². The van der Waals surface area contributed by atoms with Gasteiger partial charge in [0.2, 0.25) is 0 Å². The van der Waals surface area contributed by atoms with Gasteiger partial charge < -0.3 is 9.47 Å². The maximum absolute atomic E-state index is 5.82. The van der Waals surface area contributed by atoms with Gasteiger partial charge in [-0.05, 0) is 62.3 Å². The highest BCUT2D eigenvalue weighted by molar-refractivity contribution is 5.56. The lowest BCUT2D eigenvalue weighted by atomic mass is 10.0. The van der Waals surface area contributed by atoms with E-state index in [1.165, 1.54) is 32.1 Å². The number of ether oxygens (including phenoxy) is 2. The van der Waals surface area contributed by atoms with Crippen LogP contribution in [0.25, 0.3) is 11.4 Å². The van der Waals surface area contributed by atoms with Gasteiger partial charge in [-0.2, -0.15) is 0 Å². The van der Waals surface area contributed by atoms with Crippen LogP contribution in [-0.4, -0.2) is 23.2 Å². The van der Waals surface area contributed by atoms with Gasteiger partial charge in [0.15, 0.2) is 11.6 Å². The van der Waals surface area contributed by atoms with Crippen molar-refractivity contribution in [3.8, 4) is 22.9 Å². The molecule has 1 unspecified atom stereocenters. The average molecular weight is 397 g/mol. The zero-order chi connectivity index (χ0) is 20.7. The summed E-state index contributed by atoms with van der Waals surface area (Å²) in [6.07, 6.45) is 14.8. The van der Waals surface area contributed by atoms with Crippen molar-refractivity contribution in [1.82, 2.24) is 9.97 Å². The third kappa shape index (κ3) is 9.12. The van der Waals surface area contributed by atoms with Crippen LogP contribution in [0.3, 0.4) is 0 Å². The van der Waals surface area contributed by atoms with Crippen molar-refractivity contribution in [2.45, 2.75) is 65.2 Å².